The monoisotopic (exact) mass is 248 g/mol. The number of rotatable bonds is 7. The Bertz CT molecular complexity index is 402. The van der Waals surface area contributed by atoms with Gasteiger partial charge in [-0.15, -0.1) is 0 Å². The Kier molecular flexibility index (Phi) is 5.36. The van der Waals surface area contributed by atoms with E-state index in [0.717, 1.165) is 31.8 Å². The minimum atomic E-state index is -0.450. The van der Waals surface area contributed by atoms with E-state index in [-0.39, 0.29) is 0 Å². The molecule has 0 aliphatic heterocycles. The second kappa shape index (κ2) is 6.55. The SMILES string of the molecule is CCCNC(C)(C#N)CCn1ccnc1C(C)C. The van der Waals surface area contributed by atoms with Crippen LogP contribution in [0.3, 0.4) is 0 Å². The fourth-order valence-electron chi connectivity index (χ4n) is 1.94. The molecular weight excluding hydrogens is 224 g/mol. The smallest absolute Gasteiger partial charge is 0.111 e. The average Bonchev–Trinajstić information content (AvgIpc) is 2.82. The van der Waals surface area contributed by atoms with E-state index in [1.165, 1.54) is 0 Å². The maximum atomic E-state index is 9.28. The van der Waals surface area contributed by atoms with Crippen molar-refractivity contribution in [3.05, 3.63) is 18.2 Å². The molecule has 0 fully saturated rings. The Morgan fingerprint density at radius 3 is 2.83 bits per heavy atom. The van der Waals surface area contributed by atoms with Gasteiger partial charge in [0.2, 0.25) is 0 Å². The van der Waals surface area contributed by atoms with Gasteiger partial charge in [0.1, 0.15) is 11.4 Å². The van der Waals surface area contributed by atoms with Crippen LogP contribution in [0.15, 0.2) is 12.4 Å². The van der Waals surface area contributed by atoms with Crippen LogP contribution in [0.5, 0.6) is 0 Å². The molecule has 4 nitrogen and oxygen atoms in total. The highest BCUT2D eigenvalue weighted by atomic mass is 15.1. The van der Waals surface area contributed by atoms with Crippen molar-refractivity contribution in [3.63, 3.8) is 0 Å². The van der Waals surface area contributed by atoms with Gasteiger partial charge in [-0.2, -0.15) is 5.26 Å². The van der Waals surface area contributed by atoms with Crippen LogP contribution >= 0.6 is 0 Å². The second-order valence-electron chi connectivity index (χ2n) is 5.25. The molecule has 100 valence electrons. The molecule has 0 amide bonds. The van der Waals surface area contributed by atoms with E-state index >= 15 is 0 Å². The number of nitrogens with one attached hydrogen (secondary N) is 1. The van der Waals surface area contributed by atoms with Gasteiger partial charge in [-0.1, -0.05) is 20.8 Å². The number of imidazole rings is 1. The van der Waals surface area contributed by atoms with Crippen LogP contribution < -0.4 is 5.32 Å². The van der Waals surface area contributed by atoms with Crippen molar-refractivity contribution in [2.24, 2.45) is 0 Å². The average molecular weight is 248 g/mol. The number of hydrogen-bond acceptors (Lipinski definition) is 3. The quantitative estimate of drug-likeness (QED) is 0.807. The third kappa shape index (κ3) is 3.85. The van der Waals surface area contributed by atoms with Gasteiger partial charge in [0.05, 0.1) is 6.07 Å². The van der Waals surface area contributed by atoms with Crippen molar-refractivity contribution < 1.29 is 0 Å². The molecule has 1 atom stereocenters. The van der Waals surface area contributed by atoms with Crippen molar-refractivity contribution in [1.82, 2.24) is 14.9 Å². The second-order valence-corrected chi connectivity index (χ2v) is 5.25. The molecule has 1 unspecified atom stereocenters. The molecule has 1 rings (SSSR count). The van der Waals surface area contributed by atoms with Gasteiger partial charge in [-0.25, -0.2) is 4.98 Å². The summed E-state index contributed by atoms with van der Waals surface area (Å²) in [5.74, 6) is 1.50. The van der Waals surface area contributed by atoms with Gasteiger partial charge in [0, 0.05) is 24.9 Å². The number of nitrogens with zero attached hydrogens (tertiary/aromatic N) is 3. The first-order chi connectivity index (χ1) is 8.52. The highest BCUT2D eigenvalue weighted by Gasteiger charge is 2.22. The summed E-state index contributed by atoms with van der Waals surface area (Å²) in [6.07, 6.45) is 5.66. The summed E-state index contributed by atoms with van der Waals surface area (Å²) >= 11 is 0. The molecule has 1 aromatic heterocycles. The van der Waals surface area contributed by atoms with Crippen LogP contribution in [0.4, 0.5) is 0 Å². The summed E-state index contributed by atoms with van der Waals surface area (Å²) in [5, 5.41) is 12.6. The van der Waals surface area contributed by atoms with Gasteiger partial charge >= 0.3 is 0 Å². The first-order valence-corrected chi connectivity index (χ1v) is 6.69. The molecule has 18 heavy (non-hydrogen) atoms. The van der Waals surface area contributed by atoms with Gasteiger partial charge in [0.25, 0.3) is 0 Å². The van der Waals surface area contributed by atoms with Crippen molar-refractivity contribution in [3.8, 4) is 6.07 Å². The van der Waals surface area contributed by atoms with Crippen molar-refractivity contribution in [2.75, 3.05) is 6.54 Å². The topological polar surface area (TPSA) is 53.6 Å². The summed E-state index contributed by atoms with van der Waals surface area (Å²) in [7, 11) is 0. The molecular formula is C14H24N4. The van der Waals surface area contributed by atoms with E-state index in [9.17, 15) is 5.26 Å². The summed E-state index contributed by atoms with van der Waals surface area (Å²) in [5.41, 5.74) is -0.450. The standard InChI is InChI=1S/C14H24N4/c1-5-7-17-14(4,11-15)6-9-18-10-8-16-13(18)12(2)3/h8,10,12,17H,5-7,9H2,1-4H3. The molecule has 0 spiro atoms. The molecule has 0 radical (unpaired) electrons. The molecule has 0 aliphatic carbocycles. The maximum Gasteiger partial charge on any atom is 0.111 e. The Morgan fingerprint density at radius 1 is 1.56 bits per heavy atom. The lowest BCUT2D eigenvalue weighted by Crippen LogP contribution is -2.42. The minimum Gasteiger partial charge on any atom is -0.335 e. The molecule has 0 aromatic carbocycles. The summed E-state index contributed by atoms with van der Waals surface area (Å²) in [6.45, 7) is 10.1. The Labute approximate surface area is 110 Å². The molecule has 0 saturated heterocycles. The number of aryl methyl sites for hydroxylation is 1. The van der Waals surface area contributed by atoms with Gasteiger partial charge in [-0.05, 0) is 26.3 Å². The Morgan fingerprint density at radius 2 is 2.28 bits per heavy atom. The zero-order chi connectivity index (χ0) is 13.6. The molecule has 0 bridgehead atoms. The van der Waals surface area contributed by atoms with Crippen LogP contribution in [0.2, 0.25) is 0 Å². The Hall–Kier alpha value is -1.34. The van der Waals surface area contributed by atoms with E-state index in [1.807, 2.05) is 19.3 Å². The van der Waals surface area contributed by atoms with E-state index in [4.69, 9.17) is 0 Å². The summed E-state index contributed by atoms with van der Waals surface area (Å²) in [6, 6.07) is 2.38. The first kappa shape index (κ1) is 14.7. The number of aromatic nitrogens is 2. The largest absolute Gasteiger partial charge is 0.335 e. The molecule has 4 heteroatoms. The van der Waals surface area contributed by atoms with Gasteiger partial charge in [0.15, 0.2) is 0 Å². The summed E-state index contributed by atoms with van der Waals surface area (Å²) < 4.78 is 2.15. The molecule has 0 saturated carbocycles. The fourth-order valence-corrected chi connectivity index (χ4v) is 1.94. The lowest BCUT2D eigenvalue weighted by molar-refractivity contribution is 0.388. The predicted octanol–water partition coefficient (Wildman–Crippen LogP) is 2.68. The minimum absolute atomic E-state index is 0.414. The molecule has 1 aromatic rings. The van der Waals surface area contributed by atoms with E-state index < -0.39 is 5.54 Å². The highest BCUT2D eigenvalue weighted by Crippen LogP contribution is 2.15. The van der Waals surface area contributed by atoms with Crippen LogP contribution in [-0.2, 0) is 6.54 Å². The zero-order valence-corrected chi connectivity index (χ0v) is 11.9. The maximum absolute atomic E-state index is 9.28. The first-order valence-electron chi connectivity index (χ1n) is 6.69. The van der Waals surface area contributed by atoms with Crippen LogP contribution in [0.25, 0.3) is 0 Å². The van der Waals surface area contributed by atoms with Crippen molar-refractivity contribution >= 4 is 0 Å². The summed E-state index contributed by atoms with van der Waals surface area (Å²) in [4.78, 5) is 4.36. The van der Waals surface area contributed by atoms with Gasteiger partial charge in [-0.3, -0.25) is 5.32 Å². The fraction of sp³-hybridized carbons (Fsp3) is 0.714. The molecule has 0 aliphatic rings. The third-order valence-electron chi connectivity index (χ3n) is 3.13. The van der Waals surface area contributed by atoms with Crippen molar-refractivity contribution in [2.45, 2.75) is 58.5 Å². The van der Waals surface area contributed by atoms with Crippen LogP contribution in [0, 0.1) is 11.3 Å². The van der Waals surface area contributed by atoms with Gasteiger partial charge < -0.3 is 4.57 Å². The van der Waals surface area contributed by atoms with Crippen LogP contribution in [-0.4, -0.2) is 21.6 Å². The van der Waals surface area contributed by atoms with E-state index in [2.05, 4.69) is 41.7 Å². The lowest BCUT2D eigenvalue weighted by atomic mass is 9.99. The Balaban J connectivity index is 2.63. The van der Waals surface area contributed by atoms with E-state index in [1.54, 1.807) is 0 Å². The zero-order valence-electron chi connectivity index (χ0n) is 11.9. The molecule has 1 heterocycles. The van der Waals surface area contributed by atoms with Crippen molar-refractivity contribution in [1.29, 1.82) is 5.26 Å². The highest BCUT2D eigenvalue weighted by molar-refractivity contribution is 5.05. The predicted molar refractivity (Wildman–Crippen MR) is 73.2 cm³/mol. The van der Waals surface area contributed by atoms with E-state index in [0.29, 0.717) is 5.92 Å². The molecule has 1 N–H and O–H groups in total. The number of nitriles is 1. The van der Waals surface area contributed by atoms with Crippen LogP contribution in [0.1, 0.15) is 52.3 Å². The lowest BCUT2D eigenvalue weighted by Gasteiger charge is -2.24. The number of hydrogen-bond donors (Lipinski definition) is 1. The third-order valence-corrected chi connectivity index (χ3v) is 3.13. The normalized spacial score (nSPS) is 14.4.